The molecule has 0 saturated carbocycles. The van der Waals surface area contributed by atoms with Crippen molar-refractivity contribution in [2.75, 3.05) is 0 Å². The largest absolute Gasteiger partial charge is 0.288 e. The molecule has 0 aromatic carbocycles. The van der Waals surface area contributed by atoms with Gasteiger partial charge < -0.3 is 0 Å². The summed E-state index contributed by atoms with van der Waals surface area (Å²) < 4.78 is 0. The quantitative estimate of drug-likeness (QED) is 0.485. The molecule has 8 nitrogen and oxygen atoms in total. The molecule has 0 spiro atoms. The summed E-state index contributed by atoms with van der Waals surface area (Å²) >= 11 is 5.83. The van der Waals surface area contributed by atoms with Crippen LogP contribution < -0.4 is 0 Å². The van der Waals surface area contributed by atoms with E-state index < -0.39 is 9.85 Å². The average molecular weight is 281 g/mol. The van der Waals surface area contributed by atoms with Gasteiger partial charge in [-0.2, -0.15) is 0 Å². The molecule has 9 heteroatoms. The monoisotopic (exact) mass is 280 g/mol. The molecule has 0 fully saturated rings. The summed E-state index contributed by atoms with van der Waals surface area (Å²) in [5.41, 5.74) is 0.0929. The SMILES string of the molecule is O=[N+]([O-])c1ccc(-c2cc([N+](=O)[O-])cnc2Cl)nc1. The predicted octanol–water partition coefficient (Wildman–Crippen LogP) is 2.61. The lowest BCUT2D eigenvalue weighted by molar-refractivity contribution is -0.385. The van der Waals surface area contributed by atoms with Crippen LogP contribution in [0, 0.1) is 20.2 Å². The molecule has 2 aromatic rings. The summed E-state index contributed by atoms with van der Waals surface area (Å²) in [5.74, 6) is 0. The molecular formula is C10H5ClN4O4. The molecule has 2 rings (SSSR count). The Balaban J connectivity index is 2.48. The fraction of sp³-hybridized carbons (Fsp3) is 0. The van der Waals surface area contributed by atoms with Crippen molar-refractivity contribution in [2.24, 2.45) is 0 Å². The van der Waals surface area contributed by atoms with E-state index in [1.165, 1.54) is 18.2 Å². The Hall–Kier alpha value is -2.61. The van der Waals surface area contributed by atoms with Gasteiger partial charge in [0.25, 0.3) is 11.4 Å². The maximum absolute atomic E-state index is 10.7. The Kier molecular flexibility index (Phi) is 3.34. The molecule has 0 bridgehead atoms. The first-order valence-electron chi connectivity index (χ1n) is 4.90. The second-order valence-electron chi connectivity index (χ2n) is 3.45. The first kappa shape index (κ1) is 12.8. The molecule has 0 N–H and O–H groups in total. The van der Waals surface area contributed by atoms with E-state index in [1.54, 1.807) is 0 Å². The molecule has 2 heterocycles. The Morgan fingerprint density at radius 1 is 1.00 bits per heavy atom. The van der Waals surface area contributed by atoms with Gasteiger partial charge in [0.2, 0.25) is 0 Å². The number of aromatic nitrogens is 2. The van der Waals surface area contributed by atoms with Crippen LogP contribution in [0.3, 0.4) is 0 Å². The van der Waals surface area contributed by atoms with Gasteiger partial charge in [-0.15, -0.1) is 0 Å². The van der Waals surface area contributed by atoms with Crippen molar-refractivity contribution in [1.82, 2.24) is 9.97 Å². The van der Waals surface area contributed by atoms with E-state index in [4.69, 9.17) is 11.6 Å². The Labute approximate surface area is 111 Å². The lowest BCUT2D eigenvalue weighted by Crippen LogP contribution is -1.94. The van der Waals surface area contributed by atoms with E-state index in [9.17, 15) is 20.2 Å². The summed E-state index contributed by atoms with van der Waals surface area (Å²) in [7, 11) is 0. The summed E-state index contributed by atoms with van der Waals surface area (Å²) in [6.45, 7) is 0. The number of pyridine rings is 2. The zero-order valence-electron chi connectivity index (χ0n) is 9.19. The third kappa shape index (κ3) is 2.63. The van der Waals surface area contributed by atoms with Gasteiger partial charge in [-0.25, -0.2) is 9.97 Å². The van der Waals surface area contributed by atoms with Crippen LogP contribution in [0.2, 0.25) is 5.15 Å². The molecule has 96 valence electrons. The van der Waals surface area contributed by atoms with Crippen LogP contribution in [0.15, 0.2) is 30.6 Å². The van der Waals surface area contributed by atoms with Crippen molar-refractivity contribution >= 4 is 23.0 Å². The van der Waals surface area contributed by atoms with Crippen molar-refractivity contribution in [3.63, 3.8) is 0 Å². The molecule has 19 heavy (non-hydrogen) atoms. The van der Waals surface area contributed by atoms with Gasteiger partial charge >= 0.3 is 0 Å². The van der Waals surface area contributed by atoms with Crippen LogP contribution >= 0.6 is 11.6 Å². The number of hydrogen-bond donors (Lipinski definition) is 0. The molecule has 0 amide bonds. The second kappa shape index (κ2) is 4.94. The summed E-state index contributed by atoms with van der Waals surface area (Å²) in [4.78, 5) is 27.5. The fourth-order valence-electron chi connectivity index (χ4n) is 1.37. The summed E-state index contributed by atoms with van der Waals surface area (Å²) in [5, 5.41) is 21.2. The van der Waals surface area contributed by atoms with Crippen LogP contribution in [0.25, 0.3) is 11.3 Å². The van der Waals surface area contributed by atoms with Crippen molar-refractivity contribution in [3.05, 3.63) is 56.0 Å². The fourth-order valence-corrected chi connectivity index (χ4v) is 1.57. The second-order valence-corrected chi connectivity index (χ2v) is 3.81. The zero-order valence-corrected chi connectivity index (χ0v) is 9.94. The van der Waals surface area contributed by atoms with E-state index in [0.29, 0.717) is 0 Å². The summed E-state index contributed by atoms with van der Waals surface area (Å²) in [6, 6.07) is 3.80. The van der Waals surface area contributed by atoms with Gasteiger partial charge in [-0.3, -0.25) is 20.2 Å². The molecule has 2 aromatic heterocycles. The van der Waals surface area contributed by atoms with Gasteiger partial charge in [-0.05, 0) is 6.07 Å². The Morgan fingerprint density at radius 3 is 2.16 bits per heavy atom. The number of nitrogens with zero attached hydrogens (tertiary/aromatic N) is 4. The van der Waals surface area contributed by atoms with Gasteiger partial charge in [0.15, 0.2) is 0 Å². The van der Waals surface area contributed by atoms with E-state index in [0.717, 1.165) is 12.4 Å². The number of hydrogen-bond acceptors (Lipinski definition) is 6. The van der Waals surface area contributed by atoms with Crippen molar-refractivity contribution in [1.29, 1.82) is 0 Å². The maximum atomic E-state index is 10.7. The number of rotatable bonds is 3. The lowest BCUT2D eigenvalue weighted by atomic mass is 10.2. The highest BCUT2D eigenvalue weighted by molar-refractivity contribution is 6.32. The topological polar surface area (TPSA) is 112 Å². The third-order valence-electron chi connectivity index (χ3n) is 2.27. The molecule has 0 atom stereocenters. The smallest absolute Gasteiger partial charge is 0.258 e. The highest BCUT2D eigenvalue weighted by Crippen LogP contribution is 2.28. The van der Waals surface area contributed by atoms with Gasteiger partial charge in [0.1, 0.15) is 17.5 Å². The van der Waals surface area contributed by atoms with E-state index in [1.807, 2.05) is 0 Å². The van der Waals surface area contributed by atoms with Crippen molar-refractivity contribution in [2.45, 2.75) is 0 Å². The third-order valence-corrected chi connectivity index (χ3v) is 2.57. The molecule has 0 radical (unpaired) electrons. The van der Waals surface area contributed by atoms with Crippen LogP contribution in [0.5, 0.6) is 0 Å². The first-order chi connectivity index (χ1) is 8.99. The molecule has 0 aliphatic rings. The number of nitro groups is 2. The van der Waals surface area contributed by atoms with Gasteiger partial charge in [0, 0.05) is 17.7 Å². The van der Waals surface area contributed by atoms with Gasteiger partial charge in [-0.1, -0.05) is 11.6 Å². The summed E-state index contributed by atoms with van der Waals surface area (Å²) in [6.07, 6.45) is 2.07. The molecule has 0 unspecified atom stereocenters. The minimum absolute atomic E-state index is 0.0342. The van der Waals surface area contributed by atoms with E-state index >= 15 is 0 Å². The van der Waals surface area contributed by atoms with Gasteiger partial charge in [0.05, 0.1) is 15.5 Å². The first-order valence-corrected chi connectivity index (χ1v) is 5.27. The lowest BCUT2D eigenvalue weighted by Gasteiger charge is -2.02. The van der Waals surface area contributed by atoms with Crippen molar-refractivity contribution < 1.29 is 9.85 Å². The van der Waals surface area contributed by atoms with Crippen LogP contribution in [0.1, 0.15) is 0 Å². The van der Waals surface area contributed by atoms with Crippen LogP contribution in [0.4, 0.5) is 11.4 Å². The predicted molar refractivity (Wildman–Crippen MR) is 65.8 cm³/mol. The van der Waals surface area contributed by atoms with Crippen molar-refractivity contribution in [3.8, 4) is 11.3 Å². The Morgan fingerprint density at radius 2 is 1.63 bits per heavy atom. The molecule has 0 aliphatic carbocycles. The maximum Gasteiger partial charge on any atom is 0.288 e. The standard InChI is InChI=1S/C10H5ClN4O4/c11-10-8(3-7(5-13-10)15(18)19)9-2-1-6(4-12-9)14(16)17/h1-5H. The normalized spacial score (nSPS) is 10.2. The zero-order chi connectivity index (χ0) is 14.0. The highest BCUT2D eigenvalue weighted by Gasteiger charge is 2.14. The van der Waals surface area contributed by atoms with Crippen LogP contribution in [-0.4, -0.2) is 19.8 Å². The van der Waals surface area contributed by atoms with E-state index in [2.05, 4.69) is 9.97 Å². The number of halogens is 1. The average Bonchev–Trinajstić information content (AvgIpc) is 2.39. The van der Waals surface area contributed by atoms with E-state index in [-0.39, 0.29) is 27.8 Å². The van der Waals surface area contributed by atoms with Crippen LogP contribution in [-0.2, 0) is 0 Å². The molecule has 0 aliphatic heterocycles. The molecular weight excluding hydrogens is 276 g/mol. The Bertz CT molecular complexity index is 659. The highest BCUT2D eigenvalue weighted by atomic mass is 35.5. The minimum Gasteiger partial charge on any atom is -0.258 e. The molecule has 0 saturated heterocycles. The minimum atomic E-state index is -0.613.